The fraction of sp³-hybridized carbons (Fsp3) is 0.929. The second-order valence-corrected chi connectivity index (χ2v) is 12.4. The fourth-order valence-electron chi connectivity index (χ4n) is 2.91. The molecule has 2 N–H and O–H groups in total. The van der Waals surface area contributed by atoms with Crippen molar-refractivity contribution < 1.29 is 14.3 Å². The number of carboxylic acid groups (broad SMARTS) is 1. The van der Waals surface area contributed by atoms with Crippen molar-refractivity contribution >= 4 is 14.4 Å². The van der Waals surface area contributed by atoms with Crippen LogP contribution in [0.3, 0.4) is 0 Å². The molecule has 5 nitrogen and oxygen atoms in total. The first kappa shape index (κ1) is 15.8. The van der Waals surface area contributed by atoms with Gasteiger partial charge in [0.05, 0.1) is 12.6 Å². The highest BCUT2D eigenvalue weighted by molar-refractivity contribution is 6.74. The first-order valence-corrected chi connectivity index (χ1v) is 10.4. The van der Waals surface area contributed by atoms with E-state index in [1.54, 1.807) is 4.90 Å². The number of hydrogen-bond donors (Lipinski definition) is 2. The van der Waals surface area contributed by atoms with Crippen LogP contribution < -0.4 is 5.32 Å². The van der Waals surface area contributed by atoms with E-state index in [1.807, 2.05) is 0 Å². The predicted octanol–water partition coefficient (Wildman–Crippen LogP) is 2.49. The summed E-state index contributed by atoms with van der Waals surface area (Å²) in [5.74, 6) is 0. The molecular formula is C14H28N2O3Si. The maximum Gasteiger partial charge on any atom is 0.407 e. The summed E-state index contributed by atoms with van der Waals surface area (Å²) in [6.45, 7) is 12.5. The van der Waals surface area contributed by atoms with Crippen molar-refractivity contribution in [1.82, 2.24) is 10.2 Å². The topological polar surface area (TPSA) is 61.8 Å². The first-order valence-electron chi connectivity index (χ1n) is 7.52. The monoisotopic (exact) mass is 300 g/mol. The number of carbonyl (C=O) groups is 1. The molecule has 0 radical (unpaired) electrons. The van der Waals surface area contributed by atoms with Crippen LogP contribution in [-0.2, 0) is 4.43 Å². The lowest BCUT2D eigenvalue weighted by atomic mass is 10.1. The van der Waals surface area contributed by atoms with E-state index < -0.39 is 14.4 Å². The zero-order valence-corrected chi connectivity index (χ0v) is 14.3. The van der Waals surface area contributed by atoms with Crippen molar-refractivity contribution in [1.29, 1.82) is 0 Å². The molecular weight excluding hydrogens is 272 g/mol. The summed E-state index contributed by atoms with van der Waals surface area (Å²) >= 11 is 0. The molecule has 3 atom stereocenters. The minimum Gasteiger partial charge on any atom is -0.465 e. The molecule has 2 rings (SSSR count). The van der Waals surface area contributed by atoms with Crippen LogP contribution in [0.1, 0.15) is 33.6 Å². The Morgan fingerprint density at radius 1 is 1.40 bits per heavy atom. The molecule has 2 fully saturated rings. The number of piperazine rings is 1. The molecule has 6 heteroatoms. The average molecular weight is 300 g/mol. The molecule has 1 amide bonds. The maximum atomic E-state index is 11.4. The number of nitrogens with zero attached hydrogens (tertiary/aromatic N) is 1. The largest absolute Gasteiger partial charge is 0.465 e. The van der Waals surface area contributed by atoms with Crippen molar-refractivity contribution in [3.63, 3.8) is 0 Å². The van der Waals surface area contributed by atoms with Crippen molar-refractivity contribution in [3.05, 3.63) is 0 Å². The van der Waals surface area contributed by atoms with Gasteiger partial charge in [-0.25, -0.2) is 4.79 Å². The maximum absolute atomic E-state index is 11.4. The quantitative estimate of drug-likeness (QED) is 0.786. The van der Waals surface area contributed by atoms with E-state index in [2.05, 4.69) is 39.2 Å². The van der Waals surface area contributed by atoms with Gasteiger partial charge in [0.1, 0.15) is 0 Å². The van der Waals surface area contributed by atoms with Crippen LogP contribution in [-0.4, -0.2) is 55.7 Å². The van der Waals surface area contributed by atoms with Gasteiger partial charge < -0.3 is 14.8 Å². The van der Waals surface area contributed by atoms with E-state index in [4.69, 9.17) is 4.43 Å². The Morgan fingerprint density at radius 2 is 2.05 bits per heavy atom. The van der Waals surface area contributed by atoms with Gasteiger partial charge in [0.15, 0.2) is 8.32 Å². The van der Waals surface area contributed by atoms with Crippen molar-refractivity contribution in [2.24, 2.45) is 0 Å². The Balaban J connectivity index is 1.99. The number of rotatable bonds is 3. The molecule has 2 bridgehead atoms. The Labute approximate surface area is 122 Å². The van der Waals surface area contributed by atoms with Gasteiger partial charge in [0, 0.05) is 18.6 Å². The average Bonchev–Trinajstić information content (AvgIpc) is 2.62. The van der Waals surface area contributed by atoms with E-state index in [0.717, 1.165) is 19.4 Å². The van der Waals surface area contributed by atoms with Crippen molar-refractivity contribution in [2.45, 2.75) is 69.9 Å². The lowest BCUT2D eigenvalue weighted by Crippen LogP contribution is -2.61. The van der Waals surface area contributed by atoms with Crippen molar-refractivity contribution in [2.75, 3.05) is 13.2 Å². The summed E-state index contributed by atoms with van der Waals surface area (Å²) in [7, 11) is -1.77. The zero-order valence-electron chi connectivity index (χ0n) is 13.3. The molecule has 0 aromatic rings. The summed E-state index contributed by atoms with van der Waals surface area (Å²) in [5.41, 5.74) is 0. The Kier molecular flexibility index (Phi) is 4.19. The molecule has 20 heavy (non-hydrogen) atoms. The Hall–Kier alpha value is -0.593. The van der Waals surface area contributed by atoms with E-state index in [1.165, 1.54) is 0 Å². The van der Waals surface area contributed by atoms with Gasteiger partial charge in [0.2, 0.25) is 0 Å². The smallest absolute Gasteiger partial charge is 0.407 e. The highest BCUT2D eigenvalue weighted by Gasteiger charge is 2.46. The molecule has 2 aliphatic rings. The van der Waals surface area contributed by atoms with E-state index in [9.17, 15) is 9.90 Å². The lowest BCUT2D eigenvalue weighted by Gasteiger charge is -2.42. The number of hydrogen-bond acceptors (Lipinski definition) is 3. The second kappa shape index (κ2) is 5.31. The minimum atomic E-state index is -1.77. The highest BCUT2D eigenvalue weighted by atomic mass is 28.4. The normalized spacial score (nSPS) is 30.6. The van der Waals surface area contributed by atoms with Crippen LogP contribution in [0.25, 0.3) is 0 Å². The summed E-state index contributed by atoms with van der Waals surface area (Å²) in [6, 6.07) is 0.372. The number of fused-ring (bicyclic) bond motifs is 2. The minimum absolute atomic E-state index is 0.0796. The SMILES string of the molecule is CC(C)(C)[Si](C)(C)OC[C@H]1NC[C@H]2CC[C@@H]1N2C(=O)O. The molecule has 0 spiro atoms. The van der Waals surface area contributed by atoms with Gasteiger partial charge in [-0.3, -0.25) is 4.90 Å². The van der Waals surface area contributed by atoms with Gasteiger partial charge in [0.25, 0.3) is 0 Å². The molecule has 0 aromatic carbocycles. The van der Waals surface area contributed by atoms with Crippen LogP contribution in [0.4, 0.5) is 4.79 Å². The second-order valence-electron chi connectivity index (χ2n) is 7.57. The Morgan fingerprint density at radius 3 is 2.60 bits per heavy atom. The van der Waals surface area contributed by atoms with E-state index in [-0.39, 0.29) is 23.2 Å². The van der Waals surface area contributed by atoms with Crippen LogP contribution in [0.15, 0.2) is 0 Å². The van der Waals surface area contributed by atoms with Crippen LogP contribution in [0.5, 0.6) is 0 Å². The standard InChI is InChI=1S/C14H28N2O3Si/c1-14(2,3)20(4,5)19-9-11-12-7-6-10(8-15-11)16(12)13(17)18/h10-12,15H,6-9H2,1-5H3,(H,17,18)/t10-,11-,12+/m1/s1. The Bertz CT molecular complexity index is 381. The molecule has 0 saturated carbocycles. The summed E-state index contributed by atoms with van der Waals surface area (Å²) in [5, 5.41) is 13.0. The summed E-state index contributed by atoms with van der Waals surface area (Å²) < 4.78 is 6.27. The van der Waals surface area contributed by atoms with Crippen LogP contribution in [0.2, 0.25) is 18.1 Å². The predicted molar refractivity (Wildman–Crippen MR) is 81.6 cm³/mol. The molecule has 116 valence electrons. The molecule has 2 heterocycles. The number of nitrogens with one attached hydrogen (secondary N) is 1. The number of amides is 1. The molecule has 2 aliphatic heterocycles. The van der Waals surface area contributed by atoms with Gasteiger partial charge in [-0.15, -0.1) is 0 Å². The van der Waals surface area contributed by atoms with Gasteiger partial charge in [-0.05, 0) is 31.0 Å². The van der Waals surface area contributed by atoms with Gasteiger partial charge in [-0.2, -0.15) is 0 Å². The third kappa shape index (κ3) is 2.87. The third-order valence-electron chi connectivity index (χ3n) is 5.28. The molecule has 0 aromatic heterocycles. The lowest BCUT2D eigenvalue weighted by molar-refractivity contribution is 0.0763. The fourth-order valence-corrected chi connectivity index (χ4v) is 3.94. The molecule has 0 aliphatic carbocycles. The highest BCUT2D eigenvalue weighted by Crippen LogP contribution is 2.37. The summed E-state index contributed by atoms with van der Waals surface area (Å²) in [6.07, 6.45) is 1.15. The van der Waals surface area contributed by atoms with E-state index >= 15 is 0 Å². The summed E-state index contributed by atoms with van der Waals surface area (Å²) in [4.78, 5) is 13.0. The van der Waals surface area contributed by atoms with Crippen molar-refractivity contribution in [3.8, 4) is 0 Å². The van der Waals surface area contributed by atoms with Gasteiger partial charge in [-0.1, -0.05) is 20.8 Å². The first-order chi connectivity index (χ1) is 9.13. The van der Waals surface area contributed by atoms with Crippen LogP contribution in [0, 0.1) is 0 Å². The van der Waals surface area contributed by atoms with Gasteiger partial charge >= 0.3 is 6.09 Å². The molecule has 2 saturated heterocycles. The van der Waals surface area contributed by atoms with E-state index in [0.29, 0.717) is 6.61 Å². The zero-order chi connectivity index (χ0) is 15.1. The third-order valence-corrected chi connectivity index (χ3v) is 9.78. The van der Waals surface area contributed by atoms with Crippen LogP contribution >= 0.6 is 0 Å². The molecule has 0 unspecified atom stereocenters.